The molecule has 78 valence electrons. The van der Waals surface area contributed by atoms with Crippen molar-refractivity contribution in [3.05, 3.63) is 0 Å². The highest BCUT2D eigenvalue weighted by Gasteiger charge is 2.28. The monoisotopic (exact) mass is 202 g/mol. The normalized spacial score (nSPS) is 35.3. The molecule has 0 nitrogen and oxygen atoms in total. The average molecular weight is 203 g/mol. The Labute approximate surface area is 88.1 Å². The van der Waals surface area contributed by atoms with Crippen molar-refractivity contribution in [3.63, 3.8) is 0 Å². The molecule has 1 rings (SSSR count). The maximum atomic E-state index is 6.35. The van der Waals surface area contributed by atoms with Gasteiger partial charge in [-0.05, 0) is 43.4 Å². The van der Waals surface area contributed by atoms with Crippen LogP contribution in [0.2, 0.25) is 0 Å². The molecule has 0 spiro atoms. The van der Waals surface area contributed by atoms with Crippen LogP contribution in [0.1, 0.15) is 52.9 Å². The summed E-state index contributed by atoms with van der Waals surface area (Å²) in [6, 6.07) is 0. The molecule has 13 heavy (non-hydrogen) atoms. The van der Waals surface area contributed by atoms with E-state index in [1.165, 1.54) is 32.1 Å². The van der Waals surface area contributed by atoms with E-state index in [0.29, 0.717) is 5.38 Å². The summed E-state index contributed by atoms with van der Waals surface area (Å²) in [6.07, 6.45) is 6.66. The molecule has 1 aliphatic rings. The standard InChI is InChI=1S/C12H23Cl/c1-4-10-5-6-12(13)11(8-10)7-9(2)3/h9-12H,4-8H2,1-3H3. The van der Waals surface area contributed by atoms with Crippen LogP contribution >= 0.6 is 11.6 Å². The van der Waals surface area contributed by atoms with Gasteiger partial charge in [0.1, 0.15) is 0 Å². The van der Waals surface area contributed by atoms with Crippen molar-refractivity contribution in [3.8, 4) is 0 Å². The number of rotatable bonds is 3. The smallest absolute Gasteiger partial charge is 0.0364 e. The molecule has 1 heteroatoms. The first-order chi connectivity index (χ1) is 6.13. The summed E-state index contributed by atoms with van der Waals surface area (Å²) >= 11 is 6.35. The van der Waals surface area contributed by atoms with Gasteiger partial charge in [-0.15, -0.1) is 11.6 Å². The Morgan fingerprint density at radius 3 is 2.54 bits per heavy atom. The highest BCUT2D eigenvalue weighted by Crippen LogP contribution is 2.37. The van der Waals surface area contributed by atoms with Crippen LogP contribution in [0, 0.1) is 17.8 Å². The third kappa shape index (κ3) is 3.50. The Bertz CT molecular complexity index is 142. The van der Waals surface area contributed by atoms with Crippen molar-refractivity contribution >= 4 is 11.6 Å². The zero-order valence-electron chi connectivity index (χ0n) is 9.22. The fourth-order valence-corrected chi connectivity index (χ4v) is 2.88. The first kappa shape index (κ1) is 11.4. The van der Waals surface area contributed by atoms with Crippen LogP contribution < -0.4 is 0 Å². The second-order valence-electron chi connectivity index (χ2n) is 4.99. The third-order valence-electron chi connectivity index (χ3n) is 3.35. The summed E-state index contributed by atoms with van der Waals surface area (Å²) in [5, 5.41) is 0.463. The fraction of sp³-hybridized carbons (Fsp3) is 1.00. The van der Waals surface area contributed by atoms with Gasteiger partial charge in [-0.25, -0.2) is 0 Å². The zero-order chi connectivity index (χ0) is 9.84. The summed E-state index contributed by atoms with van der Waals surface area (Å²) in [5.74, 6) is 2.56. The average Bonchev–Trinajstić information content (AvgIpc) is 2.08. The third-order valence-corrected chi connectivity index (χ3v) is 3.92. The summed E-state index contributed by atoms with van der Waals surface area (Å²) < 4.78 is 0. The van der Waals surface area contributed by atoms with Crippen molar-refractivity contribution in [2.24, 2.45) is 17.8 Å². The lowest BCUT2D eigenvalue weighted by Gasteiger charge is -2.33. The van der Waals surface area contributed by atoms with Gasteiger partial charge in [-0.1, -0.05) is 27.2 Å². The molecule has 3 atom stereocenters. The molecule has 0 aromatic rings. The SMILES string of the molecule is CCC1CCC(Cl)C(CC(C)C)C1. The molecule has 0 amide bonds. The molecule has 0 aliphatic heterocycles. The predicted octanol–water partition coefficient (Wildman–Crippen LogP) is 4.47. The second-order valence-corrected chi connectivity index (χ2v) is 5.55. The van der Waals surface area contributed by atoms with Gasteiger partial charge in [-0.3, -0.25) is 0 Å². The van der Waals surface area contributed by atoms with Gasteiger partial charge in [0.05, 0.1) is 0 Å². The van der Waals surface area contributed by atoms with E-state index in [-0.39, 0.29) is 0 Å². The molecule has 0 radical (unpaired) electrons. The maximum absolute atomic E-state index is 6.35. The fourth-order valence-electron chi connectivity index (χ4n) is 2.54. The number of hydrogen-bond acceptors (Lipinski definition) is 0. The molecule has 0 aromatic heterocycles. The van der Waals surface area contributed by atoms with Crippen LogP contribution in [-0.4, -0.2) is 5.38 Å². The Morgan fingerprint density at radius 1 is 1.31 bits per heavy atom. The van der Waals surface area contributed by atoms with Gasteiger partial charge in [0.2, 0.25) is 0 Å². The maximum Gasteiger partial charge on any atom is 0.0364 e. The summed E-state index contributed by atoms with van der Waals surface area (Å²) in [4.78, 5) is 0. The van der Waals surface area contributed by atoms with Gasteiger partial charge in [-0.2, -0.15) is 0 Å². The van der Waals surface area contributed by atoms with Crippen molar-refractivity contribution in [1.82, 2.24) is 0 Å². The molecule has 0 saturated heterocycles. The number of halogens is 1. The molecule has 0 N–H and O–H groups in total. The van der Waals surface area contributed by atoms with E-state index in [4.69, 9.17) is 11.6 Å². The minimum absolute atomic E-state index is 0.463. The molecular formula is C12H23Cl. The van der Waals surface area contributed by atoms with Gasteiger partial charge >= 0.3 is 0 Å². The molecule has 0 aromatic carbocycles. The largest absolute Gasteiger partial charge is 0.123 e. The van der Waals surface area contributed by atoms with Crippen molar-refractivity contribution < 1.29 is 0 Å². The van der Waals surface area contributed by atoms with E-state index in [1.807, 2.05) is 0 Å². The van der Waals surface area contributed by atoms with Crippen LogP contribution in [0.5, 0.6) is 0 Å². The first-order valence-corrected chi connectivity index (χ1v) is 6.21. The predicted molar refractivity (Wildman–Crippen MR) is 60.2 cm³/mol. The summed E-state index contributed by atoms with van der Waals surface area (Å²) in [6.45, 7) is 6.92. The summed E-state index contributed by atoms with van der Waals surface area (Å²) in [5.41, 5.74) is 0. The Morgan fingerprint density at radius 2 is 2.00 bits per heavy atom. The first-order valence-electron chi connectivity index (χ1n) is 5.77. The van der Waals surface area contributed by atoms with E-state index in [0.717, 1.165) is 17.8 Å². The van der Waals surface area contributed by atoms with Gasteiger partial charge < -0.3 is 0 Å². The van der Waals surface area contributed by atoms with Crippen LogP contribution in [0.25, 0.3) is 0 Å². The van der Waals surface area contributed by atoms with Crippen molar-refractivity contribution in [2.45, 2.75) is 58.3 Å². The number of alkyl halides is 1. The molecule has 0 bridgehead atoms. The van der Waals surface area contributed by atoms with E-state index >= 15 is 0 Å². The quantitative estimate of drug-likeness (QED) is 0.593. The van der Waals surface area contributed by atoms with Gasteiger partial charge in [0.15, 0.2) is 0 Å². The molecule has 1 fully saturated rings. The lowest BCUT2D eigenvalue weighted by Crippen LogP contribution is -2.26. The van der Waals surface area contributed by atoms with Crippen LogP contribution in [-0.2, 0) is 0 Å². The molecule has 3 unspecified atom stereocenters. The van der Waals surface area contributed by atoms with Gasteiger partial charge in [0.25, 0.3) is 0 Å². The molecule has 0 heterocycles. The van der Waals surface area contributed by atoms with Crippen LogP contribution in [0.3, 0.4) is 0 Å². The van der Waals surface area contributed by atoms with E-state index in [2.05, 4.69) is 20.8 Å². The van der Waals surface area contributed by atoms with Crippen molar-refractivity contribution in [1.29, 1.82) is 0 Å². The minimum atomic E-state index is 0.463. The van der Waals surface area contributed by atoms with E-state index in [1.54, 1.807) is 0 Å². The van der Waals surface area contributed by atoms with Crippen LogP contribution in [0.4, 0.5) is 0 Å². The summed E-state index contributed by atoms with van der Waals surface area (Å²) in [7, 11) is 0. The Kier molecular flexibility index (Phi) is 4.58. The molecule has 1 saturated carbocycles. The Balaban J connectivity index is 2.40. The lowest BCUT2D eigenvalue weighted by molar-refractivity contribution is 0.236. The highest BCUT2D eigenvalue weighted by molar-refractivity contribution is 6.20. The lowest BCUT2D eigenvalue weighted by atomic mass is 9.76. The van der Waals surface area contributed by atoms with E-state index in [9.17, 15) is 0 Å². The molecular weight excluding hydrogens is 180 g/mol. The molecule has 1 aliphatic carbocycles. The van der Waals surface area contributed by atoms with Crippen molar-refractivity contribution in [2.75, 3.05) is 0 Å². The van der Waals surface area contributed by atoms with E-state index < -0.39 is 0 Å². The second kappa shape index (κ2) is 5.24. The highest BCUT2D eigenvalue weighted by atomic mass is 35.5. The Hall–Kier alpha value is 0.290. The van der Waals surface area contributed by atoms with Gasteiger partial charge in [0, 0.05) is 5.38 Å². The minimum Gasteiger partial charge on any atom is -0.123 e. The zero-order valence-corrected chi connectivity index (χ0v) is 9.98. The number of hydrogen-bond donors (Lipinski definition) is 0. The van der Waals surface area contributed by atoms with Crippen LogP contribution in [0.15, 0.2) is 0 Å². The topological polar surface area (TPSA) is 0 Å².